The van der Waals surface area contributed by atoms with Crippen molar-refractivity contribution in [2.24, 2.45) is 5.73 Å². The van der Waals surface area contributed by atoms with Gasteiger partial charge in [-0.05, 0) is 43.5 Å². The van der Waals surface area contributed by atoms with E-state index in [0.29, 0.717) is 25.2 Å². The lowest BCUT2D eigenvalue weighted by atomic mass is 10.1. The molecule has 0 saturated carbocycles. The van der Waals surface area contributed by atoms with Crippen LogP contribution in [0.3, 0.4) is 0 Å². The van der Waals surface area contributed by atoms with Gasteiger partial charge in [-0.2, -0.15) is 0 Å². The van der Waals surface area contributed by atoms with E-state index in [1.807, 2.05) is 30.0 Å². The minimum atomic E-state index is 0.0784. The third-order valence-electron chi connectivity index (χ3n) is 3.99. The lowest BCUT2D eigenvalue weighted by Crippen LogP contribution is -2.45. The van der Waals surface area contributed by atoms with Crippen molar-refractivity contribution in [1.29, 1.82) is 0 Å². The molecule has 110 valence electrons. The van der Waals surface area contributed by atoms with Crippen LogP contribution in [0, 0.1) is 18.8 Å². The molecule has 2 aliphatic rings. The smallest absolute Gasteiger partial charge is 0.254 e. The average molecular weight is 284 g/mol. The van der Waals surface area contributed by atoms with Gasteiger partial charge in [-0.15, -0.1) is 0 Å². The number of aryl methyl sites for hydroxylation is 1. The Labute approximate surface area is 125 Å². The lowest BCUT2D eigenvalue weighted by molar-refractivity contribution is -0.0303. The zero-order chi connectivity index (χ0) is 14.8. The van der Waals surface area contributed by atoms with Gasteiger partial charge in [-0.1, -0.05) is 11.8 Å². The summed E-state index contributed by atoms with van der Waals surface area (Å²) in [6.07, 6.45) is 2.56. The molecule has 4 heteroatoms. The van der Waals surface area contributed by atoms with Crippen molar-refractivity contribution in [1.82, 2.24) is 4.90 Å². The van der Waals surface area contributed by atoms with Crippen LogP contribution in [0.4, 0.5) is 0 Å². The van der Waals surface area contributed by atoms with E-state index in [2.05, 4.69) is 11.8 Å². The van der Waals surface area contributed by atoms with Gasteiger partial charge in [0.15, 0.2) is 0 Å². The summed E-state index contributed by atoms with van der Waals surface area (Å²) in [6, 6.07) is 5.76. The van der Waals surface area contributed by atoms with Gasteiger partial charge in [0.2, 0.25) is 0 Å². The van der Waals surface area contributed by atoms with Crippen LogP contribution in [0.2, 0.25) is 0 Å². The Balaban J connectivity index is 1.82. The Morgan fingerprint density at radius 2 is 2.05 bits per heavy atom. The van der Waals surface area contributed by atoms with Crippen molar-refractivity contribution < 1.29 is 9.53 Å². The molecule has 2 fully saturated rings. The standard InChI is InChI=1S/C17H20N2O2/c1-12-7-13(3-2-6-18)9-14(8-12)17(20)19-10-15-4-5-16(11-19)21-15/h7-9,15-16H,4-6,10-11,18H2,1H3. The number of carbonyl (C=O) groups is 1. The number of rotatable bonds is 1. The molecule has 0 radical (unpaired) electrons. The monoisotopic (exact) mass is 284 g/mol. The number of fused-ring (bicyclic) bond motifs is 2. The summed E-state index contributed by atoms with van der Waals surface area (Å²) in [5, 5.41) is 0. The van der Waals surface area contributed by atoms with Crippen molar-refractivity contribution in [2.75, 3.05) is 19.6 Å². The van der Waals surface area contributed by atoms with Crippen LogP contribution in [-0.4, -0.2) is 42.6 Å². The maximum atomic E-state index is 12.7. The Morgan fingerprint density at radius 1 is 1.33 bits per heavy atom. The van der Waals surface area contributed by atoms with Crippen molar-refractivity contribution in [2.45, 2.75) is 32.0 Å². The summed E-state index contributed by atoms with van der Waals surface area (Å²) >= 11 is 0. The second-order valence-electron chi connectivity index (χ2n) is 5.76. The molecular weight excluding hydrogens is 264 g/mol. The van der Waals surface area contributed by atoms with Crippen LogP contribution in [0.5, 0.6) is 0 Å². The van der Waals surface area contributed by atoms with Gasteiger partial charge in [0.25, 0.3) is 5.91 Å². The molecule has 1 aromatic rings. The number of hydrogen-bond acceptors (Lipinski definition) is 3. The summed E-state index contributed by atoms with van der Waals surface area (Å²) in [6.45, 7) is 3.71. The largest absolute Gasteiger partial charge is 0.371 e. The molecule has 2 bridgehead atoms. The number of amides is 1. The Morgan fingerprint density at radius 3 is 2.71 bits per heavy atom. The normalized spacial score (nSPS) is 23.6. The van der Waals surface area contributed by atoms with Crippen molar-refractivity contribution in [3.63, 3.8) is 0 Å². The Bertz CT molecular complexity index is 603. The maximum Gasteiger partial charge on any atom is 0.254 e. The van der Waals surface area contributed by atoms with E-state index in [4.69, 9.17) is 10.5 Å². The summed E-state index contributed by atoms with van der Waals surface area (Å²) in [4.78, 5) is 14.6. The van der Waals surface area contributed by atoms with Gasteiger partial charge >= 0.3 is 0 Å². The van der Waals surface area contributed by atoms with Crippen LogP contribution < -0.4 is 5.73 Å². The van der Waals surface area contributed by atoms with Crippen LogP contribution in [-0.2, 0) is 4.74 Å². The molecule has 2 saturated heterocycles. The minimum Gasteiger partial charge on any atom is -0.371 e. The first-order chi connectivity index (χ1) is 10.2. The lowest BCUT2D eigenvalue weighted by Gasteiger charge is -2.32. The second-order valence-corrected chi connectivity index (χ2v) is 5.76. The van der Waals surface area contributed by atoms with Crippen LogP contribution >= 0.6 is 0 Å². The van der Waals surface area contributed by atoms with E-state index in [1.165, 1.54) is 0 Å². The minimum absolute atomic E-state index is 0.0784. The highest BCUT2D eigenvalue weighted by Crippen LogP contribution is 2.27. The first-order valence-corrected chi connectivity index (χ1v) is 7.41. The fraction of sp³-hybridized carbons (Fsp3) is 0.471. The molecule has 4 nitrogen and oxygen atoms in total. The summed E-state index contributed by atoms with van der Waals surface area (Å²) < 4.78 is 5.78. The van der Waals surface area contributed by atoms with Crippen molar-refractivity contribution in [3.8, 4) is 11.8 Å². The van der Waals surface area contributed by atoms with Crippen molar-refractivity contribution >= 4 is 5.91 Å². The number of benzene rings is 1. The third-order valence-corrected chi connectivity index (χ3v) is 3.99. The summed E-state index contributed by atoms with van der Waals surface area (Å²) in [5.41, 5.74) is 8.00. The number of morpholine rings is 1. The molecule has 3 rings (SSSR count). The maximum absolute atomic E-state index is 12.7. The number of hydrogen-bond donors (Lipinski definition) is 1. The molecule has 0 aromatic heterocycles. The second kappa shape index (κ2) is 5.88. The first kappa shape index (κ1) is 14.1. The quantitative estimate of drug-likeness (QED) is 0.791. The molecule has 0 aliphatic carbocycles. The van der Waals surface area contributed by atoms with Gasteiger partial charge in [0.1, 0.15) is 0 Å². The predicted molar refractivity (Wildman–Crippen MR) is 80.9 cm³/mol. The number of nitrogens with zero attached hydrogens (tertiary/aromatic N) is 1. The Hall–Kier alpha value is -1.83. The topological polar surface area (TPSA) is 55.6 Å². The molecule has 1 aromatic carbocycles. The third kappa shape index (κ3) is 3.10. The number of nitrogens with two attached hydrogens (primary N) is 1. The summed E-state index contributed by atoms with van der Waals surface area (Å²) in [5.74, 6) is 5.92. The average Bonchev–Trinajstić information content (AvgIpc) is 2.82. The highest BCUT2D eigenvalue weighted by Gasteiger charge is 2.35. The van der Waals surface area contributed by atoms with Gasteiger partial charge < -0.3 is 15.4 Å². The van der Waals surface area contributed by atoms with Crippen molar-refractivity contribution in [3.05, 3.63) is 34.9 Å². The van der Waals surface area contributed by atoms with E-state index in [1.54, 1.807) is 0 Å². The molecule has 2 N–H and O–H groups in total. The first-order valence-electron chi connectivity index (χ1n) is 7.41. The van der Waals surface area contributed by atoms with Gasteiger partial charge in [-0.25, -0.2) is 0 Å². The number of ether oxygens (including phenoxy) is 1. The van der Waals surface area contributed by atoms with Crippen LogP contribution in [0.15, 0.2) is 18.2 Å². The highest BCUT2D eigenvalue weighted by molar-refractivity contribution is 5.95. The van der Waals surface area contributed by atoms with Crippen LogP contribution in [0.1, 0.15) is 34.3 Å². The molecule has 2 heterocycles. The molecule has 0 spiro atoms. The molecule has 2 aliphatic heterocycles. The fourth-order valence-corrected chi connectivity index (χ4v) is 3.10. The highest BCUT2D eigenvalue weighted by atomic mass is 16.5. The van der Waals surface area contributed by atoms with Crippen LogP contribution in [0.25, 0.3) is 0 Å². The van der Waals surface area contributed by atoms with E-state index in [0.717, 1.165) is 24.0 Å². The molecular formula is C17H20N2O2. The zero-order valence-electron chi connectivity index (χ0n) is 12.3. The molecule has 1 amide bonds. The fourth-order valence-electron chi connectivity index (χ4n) is 3.10. The molecule has 2 unspecified atom stereocenters. The Kier molecular flexibility index (Phi) is 3.96. The summed E-state index contributed by atoms with van der Waals surface area (Å²) in [7, 11) is 0. The van der Waals surface area contributed by atoms with E-state index < -0.39 is 0 Å². The zero-order valence-corrected chi connectivity index (χ0v) is 12.3. The predicted octanol–water partition coefficient (Wildman–Crippen LogP) is 1.31. The molecule has 2 atom stereocenters. The van der Waals surface area contributed by atoms with E-state index >= 15 is 0 Å². The van der Waals surface area contributed by atoms with Gasteiger partial charge in [0, 0.05) is 24.2 Å². The molecule has 21 heavy (non-hydrogen) atoms. The number of likely N-dealkylation sites (tertiary alicyclic amines) is 1. The number of carbonyl (C=O) groups excluding carboxylic acids is 1. The SMILES string of the molecule is Cc1cc(C#CCN)cc(C(=O)N2CC3CCC(C2)O3)c1. The van der Waals surface area contributed by atoms with Gasteiger partial charge in [-0.3, -0.25) is 4.79 Å². The van der Waals surface area contributed by atoms with Gasteiger partial charge in [0.05, 0.1) is 18.8 Å². The van der Waals surface area contributed by atoms with E-state index in [-0.39, 0.29) is 18.1 Å². The van der Waals surface area contributed by atoms with E-state index in [9.17, 15) is 4.79 Å².